The fraction of sp³-hybridized carbons (Fsp3) is 0.658. The zero-order valence-electron chi connectivity index (χ0n) is 64.7. The number of nitrogens with one attached hydrogen (secondary N) is 7. The van der Waals surface area contributed by atoms with Crippen LogP contribution >= 0.6 is 23.5 Å². The molecular weight excluding hydrogens is 1550 g/mol. The fourth-order valence-corrected chi connectivity index (χ4v) is 15.8. The topological polar surface area (TPSA) is 575 Å². The predicted octanol–water partition coefficient (Wildman–Crippen LogP) is -4.36. The maximum absolute atomic E-state index is 15.1. The Hall–Kier alpha value is -9.43. The Kier molecular flexibility index (Phi) is 40.1. The van der Waals surface area contributed by atoms with Crippen molar-refractivity contribution in [3.05, 3.63) is 45.7 Å². The monoisotopic (exact) mass is 1660 g/mol. The number of ether oxygens (including phenoxy) is 3. The molecule has 0 aromatic heterocycles. The number of amides is 13. The predicted molar refractivity (Wildman–Crippen MR) is 411 cm³/mol. The molecule has 10 atom stereocenters. The molecule has 0 radical (unpaired) electrons. The van der Waals surface area contributed by atoms with Crippen molar-refractivity contribution >= 4 is 124 Å². The van der Waals surface area contributed by atoms with Gasteiger partial charge in [-0.3, -0.25) is 101 Å². The zero-order valence-corrected chi connectivity index (χ0v) is 66.3. The van der Waals surface area contributed by atoms with Crippen LogP contribution in [0.25, 0.3) is 0 Å². The van der Waals surface area contributed by atoms with Crippen molar-refractivity contribution in [1.82, 2.24) is 66.6 Å². The average Bonchev–Trinajstić information content (AvgIpc) is 1.66. The number of nitrogens with two attached hydrogens (primary N) is 2. The van der Waals surface area contributed by atoms with Crippen LogP contribution in [0.4, 0.5) is 0 Å². The van der Waals surface area contributed by atoms with Crippen molar-refractivity contribution in [1.29, 1.82) is 0 Å². The average molecular weight is 1660 g/mol. The van der Waals surface area contributed by atoms with Crippen molar-refractivity contribution in [2.75, 3.05) is 130 Å². The third-order valence-electron chi connectivity index (χ3n) is 19.6. The number of aliphatic carboxylic acids is 4. The SMILES string of the molecule is CCCCCC(=O)N[C@H]1CSC2=C(SC[C@@H](C(=O)N[C@@H](CC(=O)O)C(N)=O)NC(=O)[C@H](Cc3ccccc3)NC(=O)[C@H](CCC(N)=O)NC(=O)[C@H]([C@@H](C)O)NC(=O)[C@@H]3CCCN3C(=O)[C@@H]3CCCN3C1=O)C(=O)N(CCCOCCOCCOCCCNC(=O)CC[C@H](C(=O)O)N1CCN(CC(=O)O)CCN(CC(=O)O)CC1)C2=O. The first-order chi connectivity index (χ1) is 54.9. The number of aliphatic hydroxyl groups excluding tert-OH is 1. The number of carboxylic acids is 4. The Morgan fingerprint density at radius 2 is 1.17 bits per heavy atom. The van der Waals surface area contributed by atoms with Gasteiger partial charge in [-0.25, -0.2) is 0 Å². The molecule has 115 heavy (non-hydrogen) atoms. The zero-order chi connectivity index (χ0) is 84.3. The van der Waals surface area contributed by atoms with Crippen LogP contribution in [0.3, 0.4) is 0 Å². The molecule has 5 heterocycles. The number of thioether (sulfide) groups is 2. The third kappa shape index (κ3) is 31.3. The van der Waals surface area contributed by atoms with Gasteiger partial charge in [-0.2, -0.15) is 0 Å². The van der Waals surface area contributed by atoms with Crippen LogP contribution in [0.2, 0.25) is 0 Å². The number of carbonyl (C=O) groups excluding carboxylic acids is 13. The molecule has 3 saturated heterocycles. The molecule has 1 aromatic carbocycles. The second kappa shape index (κ2) is 48.8. The summed E-state index contributed by atoms with van der Waals surface area (Å²) in [6, 6.07) is -6.06. The number of fused-ring (bicyclic) bond motifs is 2. The highest BCUT2D eigenvalue weighted by molar-refractivity contribution is 8.08. The van der Waals surface area contributed by atoms with Gasteiger partial charge in [0, 0.05) is 116 Å². The summed E-state index contributed by atoms with van der Waals surface area (Å²) in [5, 5.41) is 67.4. The Bertz CT molecular complexity index is 3590. The maximum atomic E-state index is 15.1. The van der Waals surface area contributed by atoms with Gasteiger partial charge in [0.25, 0.3) is 11.8 Å². The minimum Gasteiger partial charge on any atom is -0.481 e. The highest BCUT2D eigenvalue weighted by Crippen LogP contribution is 2.38. The molecule has 1 aromatic rings. The van der Waals surface area contributed by atoms with Crippen LogP contribution in [0.15, 0.2) is 40.1 Å². The first-order valence-electron chi connectivity index (χ1n) is 38.5. The second-order valence-corrected chi connectivity index (χ2v) is 30.4. The van der Waals surface area contributed by atoms with E-state index in [1.807, 2.05) is 6.92 Å². The summed E-state index contributed by atoms with van der Waals surface area (Å²) in [5.74, 6) is -18.0. The van der Waals surface area contributed by atoms with E-state index < -0.39 is 192 Å². The fourth-order valence-electron chi connectivity index (χ4n) is 13.5. The van der Waals surface area contributed by atoms with E-state index in [9.17, 15) is 102 Å². The van der Waals surface area contributed by atoms with Gasteiger partial charge in [0.2, 0.25) is 65.0 Å². The van der Waals surface area contributed by atoms with Crippen LogP contribution in [0.5, 0.6) is 0 Å². The molecule has 13 amide bonds. The van der Waals surface area contributed by atoms with E-state index in [1.165, 1.54) is 16.7 Å². The first-order valence-corrected chi connectivity index (χ1v) is 40.5. The lowest BCUT2D eigenvalue weighted by atomic mass is 10.0. The third-order valence-corrected chi connectivity index (χ3v) is 22.0. The van der Waals surface area contributed by atoms with Gasteiger partial charge in [-0.05, 0) is 70.3 Å². The lowest BCUT2D eigenvalue weighted by molar-refractivity contribution is -0.148. The number of carbonyl (C=O) groups is 17. The van der Waals surface area contributed by atoms with Gasteiger partial charge >= 0.3 is 23.9 Å². The summed E-state index contributed by atoms with van der Waals surface area (Å²) in [7, 11) is 0. The Morgan fingerprint density at radius 3 is 1.74 bits per heavy atom. The summed E-state index contributed by atoms with van der Waals surface area (Å²) in [5.41, 5.74) is 11.5. The quantitative estimate of drug-likeness (QED) is 0.0219. The van der Waals surface area contributed by atoms with E-state index in [4.69, 9.17) is 25.7 Å². The van der Waals surface area contributed by atoms with Gasteiger partial charge in [-0.1, -0.05) is 50.1 Å². The van der Waals surface area contributed by atoms with E-state index >= 15 is 4.79 Å². The molecule has 5 aliphatic rings. The first kappa shape index (κ1) is 94.4. The van der Waals surface area contributed by atoms with Crippen molar-refractivity contribution in [3.8, 4) is 0 Å². The molecule has 3 fully saturated rings. The number of unbranched alkanes of at least 4 members (excludes halogenated alkanes) is 2. The highest BCUT2D eigenvalue weighted by atomic mass is 32.2. The number of imide groups is 1. The van der Waals surface area contributed by atoms with Crippen LogP contribution in [0.1, 0.15) is 116 Å². The number of aliphatic hydroxyl groups is 1. The molecule has 40 nitrogen and oxygen atoms in total. The summed E-state index contributed by atoms with van der Waals surface area (Å²) < 4.78 is 17.1. The minimum atomic E-state index is -1.91. The largest absolute Gasteiger partial charge is 0.481 e. The maximum Gasteiger partial charge on any atom is 0.320 e. The molecule has 638 valence electrons. The van der Waals surface area contributed by atoms with Crippen molar-refractivity contribution < 1.29 is 121 Å². The Morgan fingerprint density at radius 1 is 0.600 bits per heavy atom. The van der Waals surface area contributed by atoms with Crippen molar-refractivity contribution in [3.63, 3.8) is 0 Å². The van der Waals surface area contributed by atoms with Crippen LogP contribution in [-0.4, -0.2) is 346 Å². The number of hydrogen-bond acceptors (Lipinski definition) is 26. The number of primary amides is 2. The van der Waals surface area contributed by atoms with E-state index in [1.54, 1.807) is 45.0 Å². The molecule has 16 N–H and O–H groups in total. The molecular formula is C73H109N15O25S2. The highest BCUT2D eigenvalue weighted by Gasteiger charge is 2.47. The minimum absolute atomic E-state index is 0.00314. The van der Waals surface area contributed by atoms with Crippen molar-refractivity contribution in [2.24, 2.45) is 11.5 Å². The number of hydrogen-bond donors (Lipinski definition) is 14. The molecule has 0 bridgehead atoms. The normalized spacial score (nSPS) is 22.6. The van der Waals surface area contributed by atoms with Crippen LogP contribution < -0.4 is 48.7 Å². The lowest BCUT2D eigenvalue weighted by Gasteiger charge is -2.33. The van der Waals surface area contributed by atoms with E-state index in [2.05, 4.69) is 37.2 Å². The van der Waals surface area contributed by atoms with Crippen LogP contribution in [-0.2, 0) is 102 Å². The Balaban J connectivity index is 1.18. The van der Waals surface area contributed by atoms with E-state index in [-0.39, 0.29) is 173 Å². The van der Waals surface area contributed by atoms with E-state index in [0.717, 1.165) is 11.3 Å². The lowest BCUT2D eigenvalue weighted by Crippen LogP contribution is -2.62. The van der Waals surface area contributed by atoms with Crippen molar-refractivity contribution in [2.45, 2.75) is 177 Å². The van der Waals surface area contributed by atoms with Gasteiger partial charge in [0.1, 0.15) is 54.4 Å². The molecule has 0 aliphatic carbocycles. The molecule has 0 saturated carbocycles. The number of benzene rings is 1. The van der Waals surface area contributed by atoms with Gasteiger partial charge in [0.05, 0.1) is 61.9 Å². The molecule has 5 aliphatic heterocycles. The number of rotatable bonds is 39. The van der Waals surface area contributed by atoms with E-state index in [0.29, 0.717) is 61.2 Å². The van der Waals surface area contributed by atoms with Gasteiger partial charge < -0.3 is 98.2 Å². The smallest absolute Gasteiger partial charge is 0.320 e. The molecule has 6 rings (SSSR count). The number of nitrogens with zero attached hydrogens (tertiary/aromatic N) is 6. The van der Waals surface area contributed by atoms with Gasteiger partial charge in [0.15, 0.2) is 0 Å². The molecule has 0 spiro atoms. The summed E-state index contributed by atoms with van der Waals surface area (Å²) >= 11 is 1.25. The molecule has 0 unspecified atom stereocenters. The summed E-state index contributed by atoms with van der Waals surface area (Å²) in [6.07, 6.45) is -1.28. The summed E-state index contributed by atoms with van der Waals surface area (Å²) in [4.78, 5) is 239. The second-order valence-electron chi connectivity index (χ2n) is 28.3. The molecule has 42 heteroatoms. The van der Waals surface area contributed by atoms with Crippen LogP contribution in [0, 0.1) is 0 Å². The van der Waals surface area contributed by atoms with Gasteiger partial charge in [-0.15, -0.1) is 23.5 Å². The summed E-state index contributed by atoms with van der Waals surface area (Å²) in [6.45, 7) is 4.38. The number of carboxylic acid groups (broad SMARTS) is 4. The standard InChI is InChI=1S/C73H109N15O25S2/c1-3-4-6-17-56(92)77-50-43-115-62-61(71(107)88(72(62)108)25-12-33-112-35-37-113-36-34-111-32-11-22-76-55(91)21-19-53(73(109)110)85-30-28-83(40-58(95)96)26-27-84(29-31-85)41-59(97)98)114-42-49(66(102)79-47(63(75)99)39-57(93)94)81-65(101)48(38-45-13-7-5-8-14-45)80-64(100)46(18-20-54(74)90)78-68(104)60(44(2)89)82-67(103)51-15-9-23-86(51)70(106)52-16-10-24-87(52)69(50)105/h5,7-8,13-14,44,46-53,60,89H,3-4,6,9-12,15-43H2,1-2H3,(H2,74,90)(H2,75,99)(H,76,91)(H,77,92)(H,78,104)(H,79,102)(H,80,100)(H,81,101)(H,82,103)(H,93,94)(H,95,96)(H,97,98)(H,109,110)/t44-,46+,47+,48+,49+,50+,51+,52+,53-,60+/m1/s1. The Labute approximate surface area is 673 Å².